The van der Waals surface area contributed by atoms with E-state index in [0.717, 1.165) is 6.20 Å². The minimum atomic E-state index is -0.590. The first-order valence-corrected chi connectivity index (χ1v) is 3.91. The summed E-state index contributed by atoms with van der Waals surface area (Å²) in [7, 11) is 1.47. The van der Waals surface area contributed by atoms with Crippen molar-refractivity contribution in [3.05, 3.63) is 12.0 Å². The van der Waals surface area contributed by atoms with Crippen LogP contribution in [0.2, 0.25) is 0 Å². The van der Waals surface area contributed by atoms with Crippen LogP contribution in [-0.4, -0.2) is 30.1 Å². The Morgan fingerprint density at radius 3 is 3.07 bits per heavy atom. The Balaban J connectivity index is 2.83. The molecule has 0 radical (unpaired) electrons. The van der Waals surface area contributed by atoms with Gasteiger partial charge in [-0.2, -0.15) is 4.98 Å². The molecule has 0 aliphatic carbocycles. The molecule has 0 bridgehead atoms. The normalized spacial score (nSPS) is 10.8. The van der Waals surface area contributed by atoms with Crippen LogP contribution < -0.4 is 4.74 Å². The topological polar surface area (TPSA) is 56.6 Å². The number of hydrogen-bond acceptors (Lipinski definition) is 5. The van der Waals surface area contributed by atoms with Crippen LogP contribution in [0.15, 0.2) is 11.2 Å². The van der Waals surface area contributed by atoms with E-state index in [9.17, 15) is 4.39 Å². The zero-order valence-electron chi connectivity index (χ0n) is 7.90. The number of ether oxygens (including phenoxy) is 2. The first-order valence-electron chi connectivity index (χ1n) is 3.91. The third-order valence-corrected chi connectivity index (χ3v) is 1.26. The lowest BCUT2D eigenvalue weighted by atomic mass is 10.5. The summed E-state index contributed by atoms with van der Waals surface area (Å²) in [5.41, 5.74) is 0. The molecule has 76 valence electrons. The van der Waals surface area contributed by atoms with Gasteiger partial charge in [0.25, 0.3) is 0 Å². The predicted octanol–water partition coefficient (Wildman–Crippen LogP) is 1.32. The highest BCUT2D eigenvalue weighted by molar-refractivity contribution is 5.58. The van der Waals surface area contributed by atoms with Crippen molar-refractivity contribution < 1.29 is 13.9 Å². The van der Waals surface area contributed by atoms with E-state index in [4.69, 9.17) is 4.74 Å². The smallest absolute Gasteiger partial charge is 0.320 e. The van der Waals surface area contributed by atoms with Gasteiger partial charge in [-0.1, -0.05) is 0 Å². The molecule has 0 saturated heterocycles. The standard InChI is InChI=1S/C8H10FN3O2/c1-3-10-7-6(9)4-11-8(12-7)14-5-13-2/h3-4H,5H2,1-2H3/b10-3+. The van der Waals surface area contributed by atoms with Crippen LogP contribution >= 0.6 is 0 Å². The molecule has 0 aromatic carbocycles. The Bertz CT molecular complexity index is 330. The summed E-state index contributed by atoms with van der Waals surface area (Å²) in [5.74, 6) is -0.638. The molecule has 6 heteroatoms. The van der Waals surface area contributed by atoms with E-state index in [-0.39, 0.29) is 18.6 Å². The van der Waals surface area contributed by atoms with Crippen LogP contribution in [0.5, 0.6) is 6.01 Å². The van der Waals surface area contributed by atoms with E-state index < -0.39 is 5.82 Å². The Kier molecular flexibility index (Phi) is 3.93. The van der Waals surface area contributed by atoms with Crippen molar-refractivity contribution in [1.82, 2.24) is 9.97 Å². The van der Waals surface area contributed by atoms with Gasteiger partial charge in [0, 0.05) is 13.3 Å². The molecule has 0 unspecified atom stereocenters. The molecule has 0 amide bonds. The Morgan fingerprint density at radius 2 is 2.43 bits per heavy atom. The SMILES string of the molecule is C/C=N/c1nc(OCOC)ncc1F. The van der Waals surface area contributed by atoms with Crippen molar-refractivity contribution >= 4 is 12.0 Å². The van der Waals surface area contributed by atoms with Gasteiger partial charge in [-0.25, -0.2) is 14.4 Å². The second-order valence-electron chi connectivity index (χ2n) is 2.26. The highest BCUT2D eigenvalue weighted by Crippen LogP contribution is 2.15. The van der Waals surface area contributed by atoms with Gasteiger partial charge in [0.05, 0.1) is 6.20 Å². The number of rotatable bonds is 4. The fraction of sp³-hybridized carbons (Fsp3) is 0.375. The predicted molar refractivity (Wildman–Crippen MR) is 48.3 cm³/mol. The van der Waals surface area contributed by atoms with Crippen molar-refractivity contribution in [3.63, 3.8) is 0 Å². The number of methoxy groups -OCH3 is 1. The number of aromatic nitrogens is 2. The van der Waals surface area contributed by atoms with Crippen LogP contribution in [0.4, 0.5) is 10.2 Å². The lowest BCUT2D eigenvalue weighted by Crippen LogP contribution is -2.02. The number of aliphatic imine (C=N–C) groups is 1. The maximum Gasteiger partial charge on any atom is 0.320 e. The summed E-state index contributed by atoms with van der Waals surface area (Å²) >= 11 is 0. The van der Waals surface area contributed by atoms with Crippen LogP contribution in [0.1, 0.15) is 6.92 Å². The van der Waals surface area contributed by atoms with Crippen LogP contribution in [0.25, 0.3) is 0 Å². The summed E-state index contributed by atoms with van der Waals surface area (Å²) in [6.07, 6.45) is 2.44. The maximum atomic E-state index is 13.0. The third-order valence-electron chi connectivity index (χ3n) is 1.26. The molecular weight excluding hydrogens is 189 g/mol. The third kappa shape index (κ3) is 2.74. The van der Waals surface area contributed by atoms with Gasteiger partial charge in [0.1, 0.15) is 0 Å². The molecule has 0 aliphatic heterocycles. The number of hydrogen-bond donors (Lipinski definition) is 0. The van der Waals surface area contributed by atoms with Crippen LogP contribution in [0.3, 0.4) is 0 Å². The fourth-order valence-electron chi connectivity index (χ4n) is 0.736. The quantitative estimate of drug-likeness (QED) is 0.542. The van der Waals surface area contributed by atoms with Gasteiger partial charge < -0.3 is 9.47 Å². The van der Waals surface area contributed by atoms with Gasteiger partial charge >= 0.3 is 6.01 Å². The highest BCUT2D eigenvalue weighted by atomic mass is 19.1. The molecule has 0 spiro atoms. The minimum Gasteiger partial charge on any atom is -0.436 e. The van der Waals surface area contributed by atoms with E-state index in [0.29, 0.717) is 0 Å². The van der Waals surface area contributed by atoms with Gasteiger partial charge in [0.2, 0.25) is 0 Å². The summed E-state index contributed by atoms with van der Waals surface area (Å²) in [5, 5.41) is 0. The number of halogens is 1. The molecule has 1 rings (SSSR count). The molecule has 14 heavy (non-hydrogen) atoms. The minimum absolute atomic E-state index is 0.0148. The van der Waals surface area contributed by atoms with Crippen molar-refractivity contribution in [2.75, 3.05) is 13.9 Å². The van der Waals surface area contributed by atoms with E-state index in [1.165, 1.54) is 13.3 Å². The zero-order valence-corrected chi connectivity index (χ0v) is 7.90. The van der Waals surface area contributed by atoms with Gasteiger partial charge in [-0.3, -0.25) is 0 Å². The highest BCUT2D eigenvalue weighted by Gasteiger charge is 2.05. The lowest BCUT2D eigenvalue weighted by molar-refractivity contribution is 0.0442. The molecule has 1 heterocycles. The molecule has 0 aliphatic rings. The fourth-order valence-corrected chi connectivity index (χ4v) is 0.736. The average molecular weight is 199 g/mol. The van der Waals surface area contributed by atoms with E-state index in [1.54, 1.807) is 6.92 Å². The summed E-state index contributed by atoms with van der Waals surface area (Å²) in [6.45, 7) is 1.68. The van der Waals surface area contributed by atoms with E-state index in [2.05, 4.69) is 19.7 Å². The maximum absolute atomic E-state index is 13.0. The van der Waals surface area contributed by atoms with E-state index in [1.807, 2.05) is 0 Å². The van der Waals surface area contributed by atoms with Crippen LogP contribution in [-0.2, 0) is 4.74 Å². The molecule has 0 atom stereocenters. The monoisotopic (exact) mass is 199 g/mol. The lowest BCUT2D eigenvalue weighted by Gasteiger charge is -2.02. The second kappa shape index (κ2) is 5.23. The Morgan fingerprint density at radius 1 is 1.64 bits per heavy atom. The van der Waals surface area contributed by atoms with Crippen molar-refractivity contribution in [1.29, 1.82) is 0 Å². The van der Waals surface area contributed by atoms with Gasteiger partial charge in [-0.15, -0.1) is 0 Å². The molecule has 1 aromatic rings. The molecule has 1 aromatic heterocycles. The Hall–Kier alpha value is -1.56. The van der Waals surface area contributed by atoms with Gasteiger partial charge in [0.15, 0.2) is 18.4 Å². The number of nitrogens with zero attached hydrogens (tertiary/aromatic N) is 3. The van der Waals surface area contributed by atoms with Crippen molar-refractivity contribution in [2.45, 2.75) is 6.92 Å². The average Bonchev–Trinajstić information content (AvgIpc) is 2.19. The summed E-state index contributed by atoms with van der Waals surface area (Å²) < 4.78 is 22.5. The molecule has 0 saturated carbocycles. The van der Waals surface area contributed by atoms with Crippen molar-refractivity contribution in [3.8, 4) is 6.01 Å². The molecule has 0 fully saturated rings. The second-order valence-corrected chi connectivity index (χ2v) is 2.26. The summed E-state index contributed by atoms with van der Waals surface area (Å²) in [6, 6.07) is 0.0360. The Labute approximate surface area is 80.6 Å². The van der Waals surface area contributed by atoms with Crippen molar-refractivity contribution in [2.24, 2.45) is 4.99 Å². The van der Waals surface area contributed by atoms with E-state index >= 15 is 0 Å². The molecule has 5 nitrogen and oxygen atoms in total. The first-order chi connectivity index (χ1) is 6.77. The summed E-state index contributed by atoms with van der Waals surface area (Å²) in [4.78, 5) is 11.0. The molecule has 0 N–H and O–H groups in total. The largest absolute Gasteiger partial charge is 0.436 e. The van der Waals surface area contributed by atoms with Gasteiger partial charge in [-0.05, 0) is 6.92 Å². The zero-order chi connectivity index (χ0) is 10.4. The first kappa shape index (κ1) is 10.5. The molecular formula is C8H10FN3O2. The van der Waals surface area contributed by atoms with Crippen LogP contribution in [0, 0.1) is 5.82 Å².